The monoisotopic (exact) mass is 758 g/mol. The fourth-order valence-electron chi connectivity index (χ4n) is 8.52. The van der Waals surface area contributed by atoms with Gasteiger partial charge in [-0.2, -0.15) is 15.1 Å². The molecule has 8 rings (SSSR count). The molecule has 2 aromatic carbocycles. The lowest BCUT2D eigenvalue weighted by atomic mass is 9.94. The van der Waals surface area contributed by atoms with Gasteiger partial charge in [0.15, 0.2) is 18.3 Å². The molecule has 0 bridgehead atoms. The standard InChI is InChI=1S/C40H45F3N8O4/c1-5-28-31(42)10-9-24-15-27(55-23-53-4)17-29(33(24)28)35-34(43)36-30(19-44-35)37(46-39(45-36)54-22-40-11-8-13-50(40)20-25(41)18-40)49-12-6-7-14-51-26(21-49)16-32(47-51)38(52)48(2)3/h9-10,15-17,19,25H,5-8,11-14,18,20-23H2,1-4H3/t25-,40+/m1/s1. The van der Waals surface area contributed by atoms with E-state index in [1.54, 1.807) is 44.6 Å². The molecular weight excluding hydrogens is 713 g/mol. The number of carbonyl (C=O) groups excluding carboxylic acids is 1. The van der Waals surface area contributed by atoms with Crippen molar-refractivity contribution in [2.24, 2.45) is 0 Å². The fourth-order valence-corrected chi connectivity index (χ4v) is 8.52. The maximum absolute atomic E-state index is 17.4. The predicted octanol–water partition coefficient (Wildman–Crippen LogP) is 6.32. The number of anilines is 1. The normalized spacial score (nSPS) is 20.1. The first-order valence-corrected chi connectivity index (χ1v) is 18.9. The number of halogens is 3. The van der Waals surface area contributed by atoms with Gasteiger partial charge in [0.25, 0.3) is 5.91 Å². The number of fused-ring (bicyclic) bond motifs is 4. The molecule has 12 nitrogen and oxygen atoms in total. The minimum atomic E-state index is -0.950. The summed E-state index contributed by atoms with van der Waals surface area (Å²) < 4.78 is 66.5. The van der Waals surface area contributed by atoms with Crippen LogP contribution in [-0.2, 0) is 24.2 Å². The molecular formula is C40H45F3N8O4. The summed E-state index contributed by atoms with van der Waals surface area (Å²) in [7, 11) is 4.87. The first-order valence-electron chi connectivity index (χ1n) is 18.9. The Labute approximate surface area is 317 Å². The van der Waals surface area contributed by atoms with E-state index in [0.29, 0.717) is 83.6 Å². The Morgan fingerprint density at radius 1 is 1.05 bits per heavy atom. The summed E-state index contributed by atoms with van der Waals surface area (Å²) in [6.07, 6.45) is 4.59. The minimum absolute atomic E-state index is 0.0228. The van der Waals surface area contributed by atoms with E-state index in [2.05, 4.69) is 20.0 Å². The fraction of sp³-hybridized carbons (Fsp3) is 0.475. The highest BCUT2D eigenvalue weighted by molar-refractivity contribution is 6.02. The molecule has 2 saturated heterocycles. The summed E-state index contributed by atoms with van der Waals surface area (Å²) in [6.45, 7) is 4.66. The number of hydrogen-bond donors (Lipinski definition) is 0. The number of pyridine rings is 1. The van der Waals surface area contributed by atoms with Gasteiger partial charge in [-0.25, -0.2) is 13.2 Å². The maximum atomic E-state index is 17.4. The van der Waals surface area contributed by atoms with Gasteiger partial charge in [0.05, 0.1) is 23.2 Å². The molecule has 0 radical (unpaired) electrons. The molecule has 3 aliphatic rings. The van der Waals surface area contributed by atoms with E-state index in [-0.39, 0.29) is 36.5 Å². The first kappa shape index (κ1) is 36.9. The van der Waals surface area contributed by atoms with Gasteiger partial charge in [0.2, 0.25) is 0 Å². The second-order valence-electron chi connectivity index (χ2n) is 14.9. The lowest BCUT2D eigenvalue weighted by molar-refractivity contribution is 0.0512. The van der Waals surface area contributed by atoms with Crippen LogP contribution in [0, 0.1) is 11.6 Å². The quantitative estimate of drug-likeness (QED) is 0.150. The van der Waals surface area contributed by atoms with Crippen molar-refractivity contribution >= 4 is 33.4 Å². The topological polar surface area (TPSA) is 111 Å². The number of alkyl halides is 1. The van der Waals surface area contributed by atoms with Crippen LogP contribution in [0.5, 0.6) is 11.8 Å². The Hall–Kier alpha value is -5.02. The molecule has 0 N–H and O–H groups in total. The Bertz CT molecular complexity index is 2270. The summed E-state index contributed by atoms with van der Waals surface area (Å²) in [5.41, 5.74) is 1.37. The van der Waals surface area contributed by atoms with Crippen molar-refractivity contribution in [3.8, 4) is 23.0 Å². The maximum Gasteiger partial charge on any atom is 0.319 e. The van der Waals surface area contributed by atoms with Crippen molar-refractivity contribution in [2.45, 2.75) is 70.2 Å². The molecule has 2 atom stereocenters. The number of carbonyl (C=O) groups is 1. The zero-order chi connectivity index (χ0) is 38.4. The van der Waals surface area contributed by atoms with Gasteiger partial charge in [0, 0.05) is 59.0 Å². The van der Waals surface area contributed by atoms with Gasteiger partial charge in [0.1, 0.15) is 41.4 Å². The molecule has 6 heterocycles. The lowest BCUT2D eigenvalue weighted by Crippen LogP contribution is -2.43. The molecule has 3 aromatic heterocycles. The third-order valence-corrected chi connectivity index (χ3v) is 11.2. The molecule has 0 saturated carbocycles. The number of ether oxygens (including phenoxy) is 3. The van der Waals surface area contributed by atoms with E-state index in [1.165, 1.54) is 18.1 Å². The van der Waals surface area contributed by atoms with Gasteiger partial charge < -0.3 is 24.0 Å². The number of methoxy groups -OCH3 is 1. The van der Waals surface area contributed by atoms with Crippen LogP contribution >= 0.6 is 0 Å². The van der Waals surface area contributed by atoms with Crippen LogP contribution in [0.25, 0.3) is 32.9 Å². The Balaban J connectivity index is 1.28. The van der Waals surface area contributed by atoms with Crippen LogP contribution in [0.1, 0.15) is 60.8 Å². The van der Waals surface area contributed by atoms with Gasteiger partial charge in [-0.3, -0.25) is 19.4 Å². The van der Waals surface area contributed by atoms with Gasteiger partial charge >= 0.3 is 6.01 Å². The zero-order valence-electron chi connectivity index (χ0n) is 31.6. The van der Waals surface area contributed by atoms with Crippen molar-refractivity contribution in [2.75, 3.05) is 59.1 Å². The average Bonchev–Trinajstić information content (AvgIpc) is 3.84. The molecule has 55 heavy (non-hydrogen) atoms. The van der Waals surface area contributed by atoms with E-state index in [9.17, 15) is 9.18 Å². The van der Waals surface area contributed by atoms with Crippen LogP contribution in [0.15, 0.2) is 36.5 Å². The van der Waals surface area contributed by atoms with E-state index in [4.69, 9.17) is 19.2 Å². The summed E-state index contributed by atoms with van der Waals surface area (Å²) in [4.78, 5) is 32.8. The number of amides is 1. The number of benzene rings is 2. The smallest absolute Gasteiger partial charge is 0.319 e. The largest absolute Gasteiger partial charge is 0.468 e. The highest BCUT2D eigenvalue weighted by Gasteiger charge is 2.49. The predicted molar refractivity (Wildman–Crippen MR) is 201 cm³/mol. The molecule has 0 aliphatic carbocycles. The van der Waals surface area contributed by atoms with E-state index in [0.717, 1.165) is 37.9 Å². The van der Waals surface area contributed by atoms with Crippen LogP contribution in [0.3, 0.4) is 0 Å². The van der Waals surface area contributed by atoms with E-state index >= 15 is 8.78 Å². The molecule has 2 fully saturated rings. The summed E-state index contributed by atoms with van der Waals surface area (Å²) in [5, 5.41) is 6.14. The molecule has 0 unspecified atom stereocenters. The molecule has 1 amide bonds. The molecule has 15 heteroatoms. The number of aryl methyl sites for hydroxylation is 2. The van der Waals surface area contributed by atoms with Gasteiger partial charge in [-0.1, -0.05) is 13.0 Å². The van der Waals surface area contributed by atoms with Crippen molar-refractivity contribution in [1.29, 1.82) is 0 Å². The van der Waals surface area contributed by atoms with Crippen LogP contribution < -0.4 is 14.4 Å². The first-order chi connectivity index (χ1) is 26.6. The van der Waals surface area contributed by atoms with Gasteiger partial charge in [-0.05, 0) is 79.3 Å². The molecule has 290 valence electrons. The van der Waals surface area contributed by atoms with Gasteiger partial charge in [-0.15, -0.1) is 0 Å². The Morgan fingerprint density at radius 3 is 2.69 bits per heavy atom. The average molecular weight is 759 g/mol. The summed E-state index contributed by atoms with van der Waals surface area (Å²) in [6, 6.07) is 8.19. The molecule has 0 spiro atoms. The SMILES string of the molecule is CCc1c(F)ccc2cc(OCOC)cc(-c3ncc4c(N5CCCCn6nc(C(=O)N(C)C)cc6C5)nc(OC[C@@]56CCCN5C[C@H](F)C6)nc4c3F)c12. The van der Waals surface area contributed by atoms with Crippen molar-refractivity contribution < 1.29 is 32.2 Å². The Kier molecular flexibility index (Phi) is 10.0. The second-order valence-corrected chi connectivity index (χ2v) is 14.9. The van der Waals surface area contributed by atoms with Crippen molar-refractivity contribution in [3.63, 3.8) is 0 Å². The number of aromatic nitrogens is 5. The Morgan fingerprint density at radius 2 is 1.89 bits per heavy atom. The zero-order valence-corrected chi connectivity index (χ0v) is 31.6. The summed E-state index contributed by atoms with van der Waals surface area (Å²) in [5.74, 6) is -0.530. The number of nitrogens with zero attached hydrogens (tertiary/aromatic N) is 8. The lowest BCUT2D eigenvalue weighted by Gasteiger charge is -2.31. The van der Waals surface area contributed by atoms with Crippen molar-refractivity contribution in [1.82, 2.24) is 34.5 Å². The molecule has 5 aromatic rings. The third-order valence-electron chi connectivity index (χ3n) is 11.2. The van der Waals surface area contributed by atoms with Crippen LogP contribution in [0.2, 0.25) is 0 Å². The van der Waals surface area contributed by atoms with Crippen LogP contribution in [-0.4, -0.2) is 106 Å². The second kappa shape index (κ2) is 14.9. The van der Waals surface area contributed by atoms with Crippen molar-refractivity contribution in [3.05, 3.63) is 65.1 Å². The number of hydrogen-bond acceptors (Lipinski definition) is 10. The van der Waals surface area contributed by atoms with E-state index in [1.807, 2.05) is 16.5 Å². The van der Waals surface area contributed by atoms with Crippen LogP contribution in [0.4, 0.5) is 19.0 Å². The highest BCUT2D eigenvalue weighted by atomic mass is 19.1. The minimum Gasteiger partial charge on any atom is -0.468 e. The number of rotatable bonds is 10. The third kappa shape index (κ3) is 6.81. The summed E-state index contributed by atoms with van der Waals surface area (Å²) >= 11 is 0. The molecule has 3 aliphatic heterocycles. The highest BCUT2D eigenvalue weighted by Crippen LogP contribution is 2.42. The van der Waals surface area contributed by atoms with E-state index < -0.39 is 23.3 Å².